The molecule has 2 rings (SSSR count). The standard InChI is InChI=1S/C13H11FN2O3S/c14-11-4-6-12(7-5-11)16(9-2-8-15)20(17,18)13-3-1-10-19-13/h1,3-7,10H,2,9H2. The average Bonchev–Trinajstić information content (AvgIpc) is 2.96. The molecule has 0 saturated carbocycles. The molecule has 0 aliphatic rings. The minimum absolute atomic E-state index is 0.0112. The van der Waals surface area contributed by atoms with Crippen LogP contribution in [0.1, 0.15) is 6.42 Å². The number of nitriles is 1. The molecule has 0 aliphatic heterocycles. The lowest BCUT2D eigenvalue weighted by Gasteiger charge is -2.22. The van der Waals surface area contributed by atoms with E-state index < -0.39 is 15.8 Å². The molecule has 0 amide bonds. The summed E-state index contributed by atoms with van der Waals surface area (Å²) < 4.78 is 43.7. The predicted octanol–water partition coefficient (Wildman–Crippen LogP) is 2.53. The molecule has 0 fully saturated rings. The van der Waals surface area contributed by atoms with Gasteiger partial charge in [0.05, 0.1) is 24.4 Å². The van der Waals surface area contributed by atoms with E-state index >= 15 is 0 Å². The Morgan fingerprint density at radius 1 is 1.25 bits per heavy atom. The molecule has 0 spiro atoms. The quantitative estimate of drug-likeness (QED) is 0.849. The summed E-state index contributed by atoms with van der Waals surface area (Å²) in [6, 6.07) is 9.66. The van der Waals surface area contributed by atoms with E-state index in [1.807, 2.05) is 6.07 Å². The molecule has 0 saturated heterocycles. The summed E-state index contributed by atoms with van der Waals surface area (Å²) in [4.78, 5) is 0. The van der Waals surface area contributed by atoms with Gasteiger partial charge in [0.15, 0.2) is 0 Å². The number of sulfonamides is 1. The fourth-order valence-electron chi connectivity index (χ4n) is 1.67. The number of anilines is 1. The van der Waals surface area contributed by atoms with Crippen molar-refractivity contribution >= 4 is 15.7 Å². The smallest absolute Gasteiger partial charge is 0.297 e. The van der Waals surface area contributed by atoms with Crippen molar-refractivity contribution in [3.63, 3.8) is 0 Å². The summed E-state index contributed by atoms with van der Waals surface area (Å²) in [7, 11) is -3.90. The van der Waals surface area contributed by atoms with Gasteiger partial charge in [-0.05, 0) is 36.4 Å². The van der Waals surface area contributed by atoms with Gasteiger partial charge < -0.3 is 4.42 Å². The van der Waals surface area contributed by atoms with Crippen molar-refractivity contribution in [2.24, 2.45) is 0 Å². The van der Waals surface area contributed by atoms with Crippen LogP contribution in [-0.4, -0.2) is 15.0 Å². The fourth-order valence-corrected chi connectivity index (χ4v) is 3.04. The van der Waals surface area contributed by atoms with Gasteiger partial charge in [0.25, 0.3) is 10.0 Å². The van der Waals surface area contributed by atoms with Gasteiger partial charge in [-0.1, -0.05) is 0 Å². The Labute approximate surface area is 115 Å². The van der Waals surface area contributed by atoms with Crippen LogP contribution >= 0.6 is 0 Å². The van der Waals surface area contributed by atoms with Gasteiger partial charge in [-0.3, -0.25) is 4.31 Å². The number of halogens is 1. The first-order chi connectivity index (χ1) is 9.55. The Balaban J connectivity index is 2.43. The highest BCUT2D eigenvalue weighted by Crippen LogP contribution is 2.24. The van der Waals surface area contributed by atoms with E-state index in [1.165, 1.54) is 30.5 Å². The molecule has 0 N–H and O–H groups in total. The zero-order valence-corrected chi connectivity index (χ0v) is 11.2. The van der Waals surface area contributed by atoms with E-state index in [4.69, 9.17) is 9.68 Å². The lowest BCUT2D eigenvalue weighted by molar-refractivity contribution is 0.449. The second-order valence-corrected chi connectivity index (χ2v) is 5.69. The summed E-state index contributed by atoms with van der Waals surface area (Å²) in [5.41, 5.74) is 0.276. The number of benzene rings is 1. The molecule has 5 nitrogen and oxygen atoms in total. The maximum atomic E-state index is 12.9. The second kappa shape index (κ2) is 5.75. The number of rotatable bonds is 5. The predicted molar refractivity (Wildman–Crippen MR) is 69.9 cm³/mol. The van der Waals surface area contributed by atoms with Crippen molar-refractivity contribution in [1.82, 2.24) is 0 Å². The molecule has 0 aliphatic carbocycles. The van der Waals surface area contributed by atoms with Crippen molar-refractivity contribution in [3.8, 4) is 6.07 Å². The molecule has 2 aromatic rings. The SMILES string of the molecule is N#CCCN(c1ccc(F)cc1)S(=O)(=O)c1ccco1. The third kappa shape index (κ3) is 2.81. The van der Waals surface area contributed by atoms with Crippen molar-refractivity contribution in [3.05, 3.63) is 48.5 Å². The molecule has 1 aromatic carbocycles. The molecular formula is C13H11FN2O3S. The van der Waals surface area contributed by atoms with Crippen LogP contribution in [-0.2, 0) is 10.0 Å². The van der Waals surface area contributed by atoms with Gasteiger partial charge in [-0.2, -0.15) is 13.7 Å². The minimum atomic E-state index is -3.90. The van der Waals surface area contributed by atoms with Gasteiger partial charge in [0.1, 0.15) is 5.82 Å². The Bertz CT molecular complexity index is 703. The van der Waals surface area contributed by atoms with Crippen molar-refractivity contribution in [2.45, 2.75) is 11.5 Å². The first-order valence-electron chi connectivity index (χ1n) is 5.74. The van der Waals surface area contributed by atoms with Crippen molar-refractivity contribution < 1.29 is 17.2 Å². The Hall–Kier alpha value is -2.33. The maximum absolute atomic E-state index is 12.9. The molecule has 0 atom stereocenters. The van der Waals surface area contributed by atoms with E-state index in [2.05, 4.69) is 0 Å². The first-order valence-corrected chi connectivity index (χ1v) is 7.18. The van der Waals surface area contributed by atoms with Crippen LogP contribution in [0.5, 0.6) is 0 Å². The normalized spacial score (nSPS) is 11.0. The van der Waals surface area contributed by atoms with E-state index in [1.54, 1.807) is 0 Å². The molecule has 0 unspecified atom stereocenters. The Morgan fingerprint density at radius 3 is 2.50 bits per heavy atom. The third-order valence-electron chi connectivity index (χ3n) is 2.58. The topological polar surface area (TPSA) is 74.3 Å². The van der Waals surface area contributed by atoms with E-state index in [0.29, 0.717) is 0 Å². The highest BCUT2D eigenvalue weighted by molar-refractivity contribution is 7.92. The highest BCUT2D eigenvalue weighted by atomic mass is 32.2. The van der Waals surface area contributed by atoms with Crippen LogP contribution in [0.4, 0.5) is 10.1 Å². The largest absolute Gasteiger partial charge is 0.451 e. The zero-order chi connectivity index (χ0) is 14.6. The van der Waals surface area contributed by atoms with Crippen molar-refractivity contribution in [2.75, 3.05) is 10.8 Å². The number of furan rings is 1. The van der Waals surface area contributed by atoms with Gasteiger partial charge in [-0.25, -0.2) is 4.39 Å². The number of hydrogen-bond acceptors (Lipinski definition) is 4. The molecule has 104 valence electrons. The third-order valence-corrected chi connectivity index (χ3v) is 4.30. The molecule has 0 radical (unpaired) electrons. The molecule has 1 aromatic heterocycles. The molecule has 0 bridgehead atoms. The average molecular weight is 294 g/mol. The van der Waals surface area contributed by atoms with Crippen LogP contribution in [0.3, 0.4) is 0 Å². The molecule has 7 heteroatoms. The van der Waals surface area contributed by atoms with Gasteiger partial charge in [-0.15, -0.1) is 0 Å². The Kier molecular flexibility index (Phi) is 4.05. The molecular weight excluding hydrogens is 283 g/mol. The lowest BCUT2D eigenvalue weighted by atomic mass is 10.3. The zero-order valence-electron chi connectivity index (χ0n) is 10.4. The van der Waals surface area contributed by atoms with Crippen LogP contribution in [0.25, 0.3) is 0 Å². The summed E-state index contributed by atoms with van der Waals surface area (Å²) in [6.45, 7) is -0.0365. The van der Waals surface area contributed by atoms with Crippen molar-refractivity contribution in [1.29, 1.82) is 5.26 Å². The summed E-state index contributed by atoms with van der Waals surface area (Å²) in [5.74, 6) is -0.468. The van der Waals surface area contributed by atoms with E-state index in [9.17, 15) is 12.8 Å². The monoisotopic (exact) mass is 294 g/mol. The van der Waals surface area contributed by atoms with Crippen LogP contribution in [0.15, 0.2) is 52.2 Å². The van der Waals surface area contributed by atoms with Gasteiger partial charge >= 0.3 is 0 Å². The van der Waals surface area contributed by atoms with Gasteiger partial charge in [0, 0.05) is 6.54 Å². The van der Waals surface area contributed by atoms with Crippen LogP contribution < -0.4 is 4.31 Å². The lowest BCUT2D eigenvalue weighted by Crippen LogP contribution is -2.31. The van der Waals surface area contributed by atoms with Crippen LogP contribution in [0, 0.1) is 17.1 Å². The van der Waals surface area contributed by atoms with E-state index in [-0.39, 0.29) is 23.7 Å². The molecule has 20 heavy (non-hydrogen) atoms. The number of hydrogen-bond donors (Lipinski definition) is 0. The second-order valence-electron chi connectivity index (χ2n) is 3.89. The van der Waals surface area contributed by atoms with E-state index in [0.717, 1.165) is 16.4 Å². The van der Waals surface area contributed by atoms with Gasteiger partial charge in [0.2, 0.25) is 5.09 Å². The highest BCUT2D eigenvalue weighted by Gasteiger charge is 2.27. The fraction of sp³-hybridized carbons (Fsp3) is 0.154. The summed E-state index contributed by atoms with van der Waals surface area (Å²) in [6.07, 6.45) is 1.26. The summed E-state index contributed by atoms with van der Waals surface area (Å²) in [5, 5.41) is 8.43. The maximum Gasteiger partial charge on any atom is 0.297 e. The number of nitrogens with zero attached hydrogens (tertiary/aromatic N) is 2. The Morgan fingerprint density at radius 2 is 1.95 bits per heavy atom. The first kappa shape index (κ1) is 14.1. The minimum Gasteiger partial charge on any atom is -0.451 e. The van der Waals surface area contributed by atoms with Crippen LogP contribution in [0.2, 0.25) is 0 Å². The summed E-state index contributed by atoms with van der Waals surface area (Å²) >= 11 is 0. The molecule has 1 heterocycles.